The first-order valence-corrected chi connectivity index (χ1v) is 6.45. The van der Waals surface area contributed by atoms with Crippen molar-refractivity contribution in [2.45, 2.75) is 24.4 Å². The summed E-state index contributed by atoms with van der Waals surface area (Å²) in [5.74, 6) is 0. The molecule has 0 bridgehead atoms. The van der Waals surface area contributed by atoms with Gasteiger partial charge in [-0.15, -0.1) is 0 Å². The fraction of sp³-hybridized carbons (Fsp3) is 0.500. The van der Waals surface area contributed by atoms with E-state index in [1.165, 1.54) is 23.9 Å². The highest BCUT2D eigenvalue weighted by Crippen LogP contribution is 2.14. The van der Waals surface area contributed by atoms with Gasteiger partial charge in [0.15, 0.2) is 5.03 Å². The lowest BCUT2D eigenvalue weighted by Gasteiger charge is -2.22. The zero-order chi connectivity index (χ0) is 12.3. The lowest BCUT2D eigenvalue weighted by molar-refractivity contribution is 0.395. The van der Waals surface area contributed by atoms with Crippen LogP contribution in [0.1, 0.15) is 13.3 Å². The normalized spacial score (nSPS) is 13.9. The van der Waals surface area contributed by atoms with Crippen molar-refractivity contribution < 1.29 is 8.42 Å². The monoisotopic (exact) mass is 262 g/mol. The first kappa shape index (κ1) is 13.1. The molecule has 0 radical (unpaired) electrons. The lowest BCUT2D eigenvalue weighted by atomic mass is 10.2. The predicted molar refractivity (Wildman–Crippen MR) is 64.4 cm³/mol. The molecule has 6 nitrogen and oxygen atoms in total. The van der Waals surface area contributed by atoms with Crippen molar-refractivity contribution in [3.8, 4) is 0 Å². The third-order valence-corrected chi connectivity index (χ3v) is 4.31. The number of nitrogens with zero attached hydrogens (tertiary/aromatic N) is 2. The zero-order valence-corrected chi connectivity index (χ0v) is 10.7. The van der Waals surface area contributed by atoms with Gasteiger partial charge in [0.1, 0.15) is 0 Å². The molecular weight excluding hydrogens is 248 g/mol. The molecular formula is C8H14N4O2S2. The largest absolute Gasteiger partial charge is 0.393 e. The molecule has 1 atom stereocenters. The van der Waals surface area contributed by atoms with Crippen LogP contribution in [0.25, 0.3) is 0 Å². The molecule has 0 amide bonds. The minimum atomic E-state index is -3.54. The van der Waals surface area contributed by atoms with E-state index in [0.717, 1.165) is 0 Å². The minimum Gasteiger partial charge on any atom is -0.393 e. The maximum absolute atomic E-state index is 12.0. The molecule has 1 heterocycles. The van der Waals surface area contributed by atoms with Crippen molar-refractivity contribution in [1.29, 1.82) is 0 Å². The standard InChI is InChI=1S/C8H14N4O2S2/c1-6(3-7(9)15)12(2)16(13,14)8-4-10-5-11-8/h4-6H,3H2,1-2H3,(H2,9,15)(H,10,11). The minimum absolute atomic E-state index is 0.0600. The second-order valence-electron chi connectivity index (χ2n) is 3.46. The average molecular weight is 262 g/mol. The van der Waals surface area contributed by atoms with Crippen molar-refractivity contribution in [3.63, 3.8) is 0 Å². The number of hydrogen-bond donors (Lipinski definition) is 2. The molecule has 0 aliphatic rings. The molecule has 0 aliphatic carbocycles. The zero-order valence-electron chi connectivity index (χ0n) is 9.04. The van der Waals surface area contributed by atoms with Crippen LogP contribution in [0, 0.1) is 0 Å². The van der Waals surface area contributed by atoms with Gasteiger partial charge < -0.3 is 10.7 Å². The van der Waals surface area contributed by atoms with Crippen molar-refractivity contribution in [3.05, 3.63) is 12.5 Å². The molecule has 0 fully saturated rings. The van der Waals surface area contributed by atoms with Gasteiger partial charge in [-0.25, -0.2) is 13.4 Å². The molecule has 8 heteroatoms. The highest BCUT2D eigenvalue weighted by molar-refractivity contribution is 7.89. The van der Waals surface area contributed by atoms with Gasteiger partial charge in [-0.2, -0.15) is 4.31 Å². The maximum atomic E-state index is 12.0. The number of nitrogens with one attached hydrogen (secondary N) is 1. The molecule has 90 valence electrons. The van der Waals surface area contributed by atoms with Crippen LogP contribution in [-0.2, 0) is 10.0 Å². The summed E-state index contributed by atoms with van der Waals surface area (Å²) in [6, 6.07) is -0.286. The van der Waals surface area contributed by atoms with E-state index in [9.17, 15) is 8.42 Å². The first-order valence-electron chi connectivity index (χ1n) is 4.60. The van der Waals surface area contributed by atoms with Crippen LogP contribution in [0.5, 0.6) is 0 Å². The van der Waals surface area contributed by atoms with Gasteiger partial charge in [0.25, 0.3) is 10.0 Å². The molecule has 0 saturated heterocycles. The van der Waals surface area contributed by atoms with Gasteiger partial charge in [0, 0.05) is 19.5 Å². The summed E-state index contributed by atoms with van der Waals surface area (Å²) >= 11 is 4.75. The van der Waals surface area contributed by atoms with Crippen molar-refractivity contribution in [2.24, 2.45) is 5.73 Å². The maximum Gasteiger partial charge on any atom is 0.260 e. The molecule has 0 spiro atoms. The first-order chi connectivity index (χ1) is 7.35. The molecule has 0 saturated carbocycles. The average Bonchev–Trinajstić information content (AvgIpc) is 2.68. The molecule has 1 unspecified atom stereocenters. The number of hydrogen-bond acceptors (Lipinski definition) is 4. The van der Waals surface area contributed by atoms with E-state index < -0.39 is 10.0 Å². The summed E-state index contributed by atoms with van der Waals surface area (Å²) < 4.78 is 25.2. The van der Waals surface area contributed by atoms with E-state index in [4.69, 9.17) is 18.0 Å². The second kappa shape index (κ2) is 4.89. The highest BCUT2D eigenvalue weighted by atomic mass is 32.2. The Morgan fingerprint density at radius 2 is 2.38 bits per heavy atom. The number of thiocarbonyl (C=S) groups is 1. The third kappa shape index (κ3) is 2.77. The fourth-order valence-corrected chi connectivity index (χ4v) is 2.69. The van der Waals surface area contributed by atoms with E-state index >= 15 is 0 Å². The summed E-state index contributed by atoms with van der Waals surface area (Å²) in [4.78, 5) is 6.53. The van der Waals surface area contributed by atoms with Gasteiger partial charge in [-0.1, -0.05) is 12.2 Å². The number of sulfonamides is 1. The van der Waals surface area contributed by atoms with E-state index in [-0.39, 0.29) is 11.1 Å². The Bertz CT molecular complexity index is 454. The van der Waals surface area contributed by atoms with Crippen molar-refractivity contribution in [2.75, 3.05) is 7.05 Å². The Morgan fingerprint density at radius 1 is 1.75 bits per heavy atom. The summed E-state index contributed by atoms with van der Waals surface area (Å²) in [5, 5.41) is 0.0600. The summed E-state index contributed by atoms with van der Waals surface area (Å²) in [6.45, 7) is 1.74. The topological polar surface area (TPSA) is 92.1 Å². The Hall–Kier alpha value is -0.990. The summed E-state index contributed by atoms with van der Waals surface area (Å²) in [7, 11) is -2.06. The molecule has 1 aromatic rings. The Morgan fingerprint density at radius 3 is 2.81 bits per heavy atom. The van der Waals surface area contributed by atoms with Gasteiger partial charge in [-0.05, 0) is 6.92 Å². The number of rotatable bonds is 5. The van der Waals surface area contributed by atoms with Gasteiger partial charge in [-0.3, -0.25) is 0 Å². The van der Waals surface area contributed by atoms with Gasteiger partial charge in [0.2, 0.25) is 0 Å². The fourth-order valence-electron chi connectivity index (χ4n) is 1.20. The van der Waals surface area contributed by atoms with E-state index in [1.807, 2.05) is 0 Å². The summed E-state index contributed by atoms with van der Waals surface area (Å²) in [5.41, 5.74) is 5.38. The molecule has 3 N–H and O–H groups in total. The summed E-state index contributed by atoms with van der Waals surface area (Å²) in [6.07, 6.45) is 2.93. The van der Waals surface area contributed by atoms with E-state index in [2.05, 4.69) is 9.97 Å². The number of aromatic nitrogens is 2. The molecule has 0 aromatic carbocycles. The predicted octanol–water partition coefficient (Wildman–Crippen LogP) is 0.0949. The molecule has 1 rings (SSSR count). The third-order valence-electron chi connectivity index (χ3n) is 2.25. The quantitative estimate of drug-likeness (QED) is 0.734. The lowest BCUT2D eigenvalue weighted by Crippen LogP contribution is -2.37. The van der Waals surface area contributed by atoms with E-state index in [0.29, 0.717) is 11.4 Å². The van der Waals surface area contributed by atoms with E-state index in [1.54, 1.807) is 6.92 Å². The number of aromatic amines is 1. The van der Waals surface area contributed by atoms with Crippen LogP contribution < -0.4 is 5.73 Å². The highest BCUT2D eigenvalue weighted by Gasteiger charge is 2.26. The number of nitrogens with two attached hydrogens (primary N) is 1. The SMILES string of the molecule is CC(CC(N)=S)N(C)S(=O)(=O)c1cnc[nH]1. The second-order valence-corrected chi connectivity index (χ2v) is 5.95. The molecule has 1 aromatic heterocycles. The smallest absolute Gasteiger partial charge is 0.260 e. The van der Waals surface area contributed by atoms with Crippen molar-refractivity contribution in [1.82, 2.24) is 14.3 Å². The Kier molecular flexibility index (Phi) is 4.00. The van der Waals surface area contributed by atoms with Crippen LogP contribution >= 0.6 is 12.2 Å². The van der Waals surface area contributed by atoms with Crippen molar-refractivity contribution >= 4 is 27.2 Å². The molecule has 0 aliphatic heterocycles. The Labute approximate surface area is 99.9 Å². The van der Waals surface area contributed by atoms with Crippen LogP contribution in [0.3, 0.4) is 0 Å². The van der Waals surface area contributed by atoms with Crippen LogP contribution in [0.15, 0.2) is 17.6 Å². The number of imidazole rings is 1. The van der Waals surface area contributed by atoms with Crippen LogP contribution in [-0.4, -0.2) is 40.8 Å². The van der Waals surface area contributed by atoms with Gasteiger partial charge in [0.05, 0.1) is 17.5 Å². The van der Waals surface area contributed by atoms with Crippen LogP contribution in [0.4, 0.5) is 0 Å². The Balaban J connectivity index is 2.89. The number of H-pyrrole nitrogens is 1. The van der Waals surface area contributed by atoms with Gasteiger partial charge >= 0.3 is 0 Å². The van der Waals surface area contributed by atoms with Crippen LogP contribution in [0.2, 0.25) is 0 Å². The molecule has 16 heavy (non-hydrogen) atoms.